The van der Waals surface area contributed by atoms with E-state index in [1.807, 2.05) is 60.7 Å². The van der Waals surface area contributed by atoms with Crippen LogP contribution in [0, 0.1) is 0 Å². The molecule has 0 unspecified atom stereocenters. The minimum atomic E-state index is -0.743. The Kier molecular flexibility index (Phi) is 6.34. The van der Waals surface area contributed by atoms with E-state index < -0.39 is 11.6 Å². The van der Waals surface area contributed by atoms with Crippen LogP contribution in [0.3, 0.4) is 0 Å². The molecule has 0 saturated carbocycles. The van der Waals surface area contributed by atoms with E-state index in [1.54, 1.807) is 26.0 Å². The highest BCUT2D eigenvalue weighted by Gasteiger charge is 2.23. The van der Waals surface area contributed by atoms with Gasteiger partial charge in [-0.05, 0) is 37.4 Å². The Hall–Kier alpha value is -3.54. The van der Waals surface area contributed by atoms with Gasteiger partial charge in [-0.15, -0.1) is 0 Å². The molecule has 0 aliphatic carbocycles. The Morgan fingerprint density at radius 3 is 2.38 bits per heavy atom. The van der Waals surface area contributed by atoms with Crippen LogP contribution in [0.4, 0.5) is 10.5 Å². The van der Waals surface area contributed by atoms with Gasteiger partial charge < -0.3 is 14.8 Å². The number of para-hydroxylation sites is 1. The summed E-state index contributed by atoms with van der Waals surface area (Å²) >= 11 is 0. The zero-order valence-electron chi connectivity index (χ0n) is 16.5. The first kappa shape index (κ1) is 20.2. The fourth-order valence-corrected chi connectivity index (χ4v) is 2.84. The van der Waals surface area contributed by atoms with E-state index >= 15 is 0 Å². The van der Waals surface area contributed by atoms with Gasteiger partial charge in [0.05, 0.1) is 11.2 Å². The van der Waals surface area contributed by atoms with Gasteiger partial charge >= 0.3 is 6.09 Å². The molecular weight excluding hydrogens is 368 g/mol. The zero-order valence-corrected chi connectivity index (χ0v) is 16.5. The lowest BCUT2D eigenvalue weighted by atomic mass is 10.1. The van der Waals surface area contributed by atoms with E-state index in [0.717, 1.165) is 10.8 Å². The van der Waals surface area contributed by atoms with Gasteiger partial charge in [0.1, 0.15) is 12.4 Å². The molecule has 150 valence electrons. The fraction of sp³-hybridized carbons (Fsp3) is 0.217. The molecule has 0 aliphatic heterocycles. The number of anilines is 1. The van der Waals surface area contributed by atoms with Gasteiger partial charge in [0.2, 0.25) is 0 Å². The molecule has 0 heterocycles. The topological polar surface area (TPSA) is 76.7 Å². The van der Waals surface area contributed by atoms with Crippen LogP contribution >= 0.6 is 0 Å². The molecule has 29 heavy (non-hydrogen) atoms. The molecule has 2 amide bonds. The molecule has 0 fully saturated rings. The molecule has 0 aliphatic rings. The number of hydrogen-bond donors (Lipinski definition) is 2. The summed E-state index contributed by atoms with van der Waals surface area (Å²) in [6.45, 7) is 3.45. The van der Waals surface area contributed by atoms with E-state index in [2.05, 4.69) is 10.6 Å². The number of hydrogen-bond acceptors (Lipinski definition) is 4. The zero-order chi connectivity index (χ0) is 20.7. The highest BCUT2D eigenvalue weighted by molar-refractivity contribution is 6.00. The molecule has 0 saturated heterocycles. The maximum atomic E-state index is 12.2. The van der Waals surface area contributed by atoms with E-state index in [0.29, 0.717) is 11.4 Å². The molecule has 3 aromatic carbocycles. The second kappa shape index (κ2) is 9.10. The highest BCUT2D eigenvalue weighted by Crippen LogP contribution is 2.23. The largest absolute Gasteiger partial charge is 0.484 e. The van der Waals surface area contributed by atoms with Crippen molar-refractivity contribution in [3.63, 3.8) is 0 Å². The molecule has 6 nitrogen and oxygen atoms in total. The van der Waals surface area contributed by atoms with Crippen molar-refractivity contribution < 1.29 is 19.1 Å². The molecule has 3 aromatic rings. The summed E-state index contributed by atoms with van der Waals surface area (Å²) in [5, 5.41) is 7.52. The van der Waals surface area contributed by atoms with Crippen LogP contribution in [0.5, 0.6) is 5.75 Å². The number of benzene rings is 3. The second-order valence-electron chi connectivity index (χ2n) is 7.26. The Bertz CT molecular complexity index is 981. The molecule has 0 aromatic heterocycles. The quantitative estimate of drug-likeness (QED) is 0.626. The Morgan fingerprint density at radius 2 is 1.59 bits per heavy atom. The minimum absolute atomic E-state index is 0.0146. The van der Waals surface area contributed by atoms with E-state index in [-0.39, 0.29) is 19.1 Å². The van der Waals surface area contributed by atoms with Crippen molar-refractivity contribution in [1.29, 1.82) is 0 Å². The lowest BCUT2D eigenvalue weighted by Gasteiger charge is -2.25. The van der Waals surface area contributed by atoms with Crippen LogP contribution in [0.25, 0.3) is 10.8 Å². The summed E-state index contributed by atoms with van der Waals surface area (Å²) in [5.41, 5.74) is -0.0704. The molecule has 0 spiro atoms. The van der Waals surface area contributed by atoms with Crippen molar-refractivity contribution in [3.8, 4) is 5.75 Å². The average Bonchev–Trinajstić information content (AvgIpc) is 2.72. The maximum absolute atomic E-state index is 12.2. The number of fused-ring (bicyclic) bond motifs is 1. The number of carbonyl (C=O) groups excluding carboxylic acids is 2. The van der Waals surface area contributed by atoms with Gasteiger partial charge in [0.15, 0.2) is 6.61 Å². The maximum Gasteiger partial charge on any atom is 0.411 e. The van der Waals surface area contributed by atoms with Gasteiger partial charge in [0.25, 0.3) is 5.91 Å². The summed E-state index contributed by atoms with van der Waals surface area (Å²) in [6.07, 6.45) is -0.579. The number of ether oxygens (including phenoxy) is 2. The third-order valence-corrected chi connectivity index (χ3v) is 4.18. The summed E-state index contributed by atoms with van der Waals surface area (Å²) in [7, 11) is 0. The number of nitrogens with one attached hydrogen (secondary N) is 2. The Balaban J connectivity index is 1.48. The minimum Gasteiger partial charge on any atom is -0.484 e. The van der Waals surface area contributed by atoms with Gasteiger partial charge in [-0.1, -0.05) is 54.6 Å². The first-order valence-electron chi connectivity index (χ1n) is 9.33. The molecule has 2 N–H and O–H groups in total. The van der Waals surface area contributed by atoms with Crippen molar-refractivity contribution in [2.45, 2.75) is 19.4 Å². The van der Waals surface area contributed by atoms with Crippen molar-refractivity contribution >= 4 is 28.5 Å². The predicted molar refractivity (Wildman–Crippen MR) is 113 cm³/mol. The lowest BCUT2D eigenvalue weighted by Crippen LogP contribution is -2.49. The van der Waals surface area contributed by atoms with Gasteiger partial charge in [-0.3, -0.25) is 10.1 Å². The van der Waals surface area contributed by atoms with E-state index in [4.69, 9.17) is 9.47 Å². The molecular formula is C23H24N2O4. The van der Waals surface area contributed by atoms with Crippen LogP contribution in [-0.2, 0) is 9.53 Å². The fourth-order valence-electron chi connectivity index (χ4n) is 2.84. The lowest BCUT2D eigenvalue weighted by molar-refractivity contribution is -0.125. The number of amides is 2. The summed E-state index contributed by atoms with van der Waals surface area (Å²) in [4.78, 5) is 24.4. The predicted octanol–water partition coefficient (Wildman–Crippen LogP) is 4.36. The first-order valence-corrected chi connectivity index (χ1v) is 9.33. The monoisotopic (exact) mass is 392 g/mol. The smallest absolute Gasteiger partial charge is 0.411 e. The van der Waals surface area contributed by atoms with Crippen molar-refractivity contribution in [2.24, 2.45) is 0 Å². The average molecular weight is 392 g/mol. The normalized spacial score (nSPS) is 11.0. The van der Waals surface area contributed by atoms with E-state index in [9.17, 15) is 9.59 Å². The Morgan fingerprint density at radius 1 is 0.897 bits per heavy atom. The molecule has 0 bridgehead atoms. The van der Waals surface area contributed by atoms with Crippen LogP contribution in [0.2, 0.25) is 0 Å². The summed E-state index contributed by atoms with van der Waals surface area (Å²) in [5.74, 6) is 0.322. The molecule has 3 rings (SSSR count). The van der Waals surface area contributed by atoms with Crippen LogP contribution in [0.15, 0.2) is 72.8 Å². The highest BCUT2D eigenvalue weighted by atomic mass is 16.5. The van der Waals surface area contributed by atoms with Gasteiger partial charge in [0, 0.05) is 5.39 Å². The van der Waals surface area contributed by atoms with Crippen molar-refractivity contribution in [1.82, 2.24) is 5.32 Å². The molecule has 0 atom stereocenters. The van der Waals surface area contributed by atoms with Gasteiger partial charge in [-0.25, -0.2) is 4.79 Å². The SMILES string of the molecule is CC(C)(COC(=O)Nc1cccc2ccccc12)NC(=O)COc1ccccc1. The van der Waals surface area contributed by atoms with Crippen molar-refractivity contribution in [2.75, 3.05) is 18.5 Å². The standard InChI is InChI=1S/C23H24N2O4/c1-23(2,25-21(26)15-28-18-11-4-3-5-12-18)16-29-22(27)24-20-14-8-10-17-9-6-7-13-19(17)20/h3-14H,15-16H2,1-2H3,(H,24,27)(H,25,26). The second-order valence-corrected chi connectivity index (χ2v) is 7.26. The summed E-state index contributed by atoms with van der Waals surface area (Å²) in [6, 6.07) is 22.5. The van der Waals surface area contributed by atoms with Crippen LogP contribution in [-0.4, -0.2) is 30.8 Å². The van der Waals surface area contributed by atoms with Crippen LogP contribution < -0.4 is 15.4 Å². The number of carbonyl (C=O) groups is 2. The number of rotatable bonds is 7. The van der Waals surface area contributed by atoms with Crippen LogP contribution in [0.1, 0.15) is 13.8 Å². The molecule has 0 radical (unpaired) electrons. The summed E-state index contributed by atoms with van der Waals surface area (Å²) < 4.78 is 10.7. The van der Waals surface area contributed by atoms with Gasteiger partial charge in [-0.2, -0.15) is 0 Å². The van der Waals surface area contributed by atoms with Crippen molar-refractivity contribution in [3.05, 3.63) is 72.8 Å². The molecule has 6 heteroatoms. The third kappa shape index (κ3) is 5.97. The third-order valence-electron chi connectivity index (χ3n) is 4.18. The first-order chi connectivity index (χ1) is 13.9. The Labute approximate surface area is 169 Å². The van der Waals surface area contributed by atoms with E-state index in [1.165, 1.54) is 0 Å².